The van der Waals surface area contributed by atoms with Gasteiger partial charge in [0.1, 0.15) is 0 Å². The Hall–Kier alpha value is -2.08. The van der Waals surface area contributed by atoms with Crippen LogP contribution in [-0.4, -0.2) is 26.8 Å². The first-order valence-corrected chi connectivity index (χ1v) is 7.61. The zero-order chi connectivity index (χ0) is 16.1. The number of aliphatic imine (C=N–C) groups is 1. The van der Waals surface area contributed by atoms with Crippen molar-refractivity contribution in [2.24, 2.45) is 10.7 Å². The van der Waals surface area contributed by atoms with Gasteiger partial charge in [0.25, 0.3) is 0 Å². The monoisotopic (exact) mass is 320 g/mol. The fourth-order valence-corrected chi connectivity index (χ4v) is 2.02. The number of nitrogens with one attached hydrogen (secondary N) is 1. The largest absolute Gasteiger partial charge is 0.370 e. The van der Waals surface area contributed by atoms with Gasteiger partial charge >= 0.3 is 0 Å². The highest BCUT2D eigenvalue weighted by molar-refractivity contribution is 6.30. The van der Waals surface area contributed by atoms with Crippen LogP contribution >= 0.6 is 11.6 Å². The Balaban J connectivity index is 2.22. The van der Waals surface area contributed by atoms with Gasteiger partial charge < -0.3 is 11.1 Å². The molecule has 0 saturated heterocycles. The van der Waals surface area contributed by atoms with Crippen LogP contribution in [-0.2, 0) is 6.54 Å². The van der Waals surface area contributed by atoms with Crippen molar-refractivity contribution in [2.45, 2.75) is 39.8 Å². The van der Waals surface area contributed by atoms with Gasteiger partial charge in [-0.05, 0) is 26.3 Å². The molecule has 22 heavy (non-hydrogen) atoms. The minimum Gasteiger partial charge on any atom is -0.370 e. The molecule has 1 unspecified atom stereocenters. The third-order valence-corrected chi connectivity index (χ3v) is 3.48. The summed E-state index contributed by atoms with van der Waals surface area (Å²) in [5, 5.41) is 7.91. The number of hydrogen-bond acceptors (Lipinski definition) is 3. The summed E-state index contributed by atoms with van der Waals surface area (Å²) in [4.78, 5) is 8.90. The Labute approximate surface area is 135 Å². The number of nitrogens with two attached hydrogens (primary N) is 1. The van der Waals surface area contributed by atoms with E-state index in [1.54, 1.807) is 17.1 Å². The van der Waals surface area contributed by atoms with Gasteiger partial charge in [-0.15, -0.1) is 0 Å². The van der Waals surface area contributed by atoms with E-state index in [1.165, 1.54) is 0 Å². The average molecular weight is 321 g/mol. The Bertz CT molecular complexity index is 664. The molecule has 2 aromatic rings. The molecular formula is C15H21ClN6. The molecule has 0 aromatic carbocycles. The molecule has 0 aliphatic carbocycles. The Kier molecular flexibility index (Phi) is 5.38. The molecule has 3 N–H and O–H groups in total. The predicted octanol–water partition coefficient (Wildman–Crippen LogP) is 2.43. The highest BCUT2D eigenvalue weighted by Crippen LogP contribution is 2.16. The second-order valence-electron chi connectivity index (χ2n) is 5.19. The minimum atomic E-state index is 0.296. The smallest absolute Gasteiger partial charge is 0.189 e. The maximum atomic E-state index is 5.93. The molecule has 118 valence electrons. The molecule has 0 amide bonds. The lowest BCUT2D eigenvalue weighted by atomic mass is 10.2. The van der Waals surface area contributed by atoms with E-state index in [2.05, 4.69) is 34.2 Å². The molecule has 6 nitrogen and oxygen atoms in total. The molecule has 0 aliphatic rings. The normalized spacial score (nSPS) is 13.2. The van der Waals surface area contributed by atoms with E-state index in [-0.39, 0.29) is 0 Å². The number of halogens is 1. The lowest BCUT2D eigenvalue weighted by molar-refractivity contribution is 0.636. The molecule has 0 saturated carbocycles. The first-order valence-electron chi connectivity index (χ1n) is 7.23. The van der Waals surface area contributed by atoms with E-state index in [4.69, 9.17) is 17.3 Å². The summed E-state index contributed by atoms with van der Waals surface area (Å²) < 4.78 is 1.65. The van der Waals surface area contributed by atoms with Crippen molar-refractivity contribution in [3.05, 3.63) is 40.8 Å². The van der Waals surface area contributed by atoms with Gasteiger partial charge in [0, 0.05) is 17.3 Å². The number of aromatic nitrogens is 3. The minimum absolute atomic E-state index is 0.296. The predicted molar refractivity (Wildman–Crippen MR) is 89.3 cm³/mol. The molecule has 2 aromatic heterocycles. The van der Waals surface area contributed by atoms with Crippen molar-refractivity contribution in [3.8, 4) is 5.82 Å². The van der Waals surface area contributed by atoms with Crippen LogP contribution in [0.4, 0.5) is 0 Å². The van der Waals surface area contributed by atoms with E-state index in [0.717, 1.165) is 17.7 Å². The number of nitrogens with zero attached hydrogens (tertiary/aromatic N) is 4. The third kappa shape index (κ3) is 4.21. The summed E-state index contributed by atoms with van der Waals surface area (Å²) in [7, 11) is 0. The van der Waals surface area contributed by atoms with Gasteiger partial charge in [0.15, 0.2) is 11.8 Å². The third-order valence-electron chi connectivity index (χ3n) is 3.29. The number of aryl methyl sites for hydroxylation is 1. The van der Waals surface area contributed by atoms with Crippen LogP contribution in [0.2, 0.25) is 5.02 Å². The zero-order valence-corrected chi connectivity index (χ0v) is 13.8. The molecule has 2 rings (SSSR count). The number of rotatable bonds is 5. The zero-order valence-electron chi connectivity index (χ0n) is 13.0. The molecule has 0 radical (unpaired) electrons. The first kappa shape index (κ1) is 16.3. The fourth-order valence-electron chi connectivity index (χ4n) is 1.88. The summed E-state index contributed by atoms with van der Waals surface area (Å²) in [5.74, 6) is 1.14. The van der Waals surface area contributed by atoms with Crippen LogP contribution in [0.25, 0.3) is 5.82 Å². The SMILES string of the molecule is CCC(C)NC(N)=NCc1ccc(C)nc1-n1cc(Cl)cn1. The van der Waals surface area contributed by atoms with Crippen LogP contribution < -0.4 is 11.1 Å². The van der Waals surface area contributed by atoms with Crippen molar-refractivity contribution < 1.29 is 0 Å². The molecule has 0 fully saturated rings. The van der Waals surface area contributed by atoms with Crippen LogP contribution in [0.1, 0.15) is 31.5 Å². The van der Waals surface area contributed by atoms with E-state index in [9.17, 15) is 0 Å². The highest BCUT2D eigenvalue weighted by atomic mass is 35.5. The van der Waals surface area contributed by atoms with Gasteiger partial charge in [-0.25, -0.2) is 14.7 Å². The van der Waals surface area contributed by atoms with Gasteiger partial charge in [-0.2, -0.15) is 5.10 Å². The quantitative estimate of drug-likeness (QED) is 0.655. The maximum Gasteiger partial charge on any atom is 0.189 e. The number of hydrogen-bond donors (Lipinski definition) is 2. The second-order valence-corrected chi connectivity index (χ2v) is 5.63. The summed E-state index contributed by atoms with van der Waals surface area (Å²) >= 11 is 5.93. The first-order chi connectivity index (χ1) is 10.5. The lowest BCUT2D eigenvalue weighted by Crippen LogP contribution is -2.38. The summed E-state index contributed by atoms with van der Waals surface area (Å²) in [5.41, 5.74) is 7.73. The Morgan fingerprint density at radius 3 is 2.91 bits per heavy atom. The number of guanidine groups is 1. The molecule has 2 heterocycles. The topological polar surface area (TPSA) is 81.1 Å². The van der Waals surface area contributed by atoms with E-state index < -0.39 is 0 Å². The van der Waals surface area contributed by atoms with Crippen molar-refractivity contribution >= 4 is 17.6 Å². The Morgan fingerprint density at radius 1 is 1.50 bits per heavy atom. The standard InChI is InChI=1S/C15H21ClN6/c1-4-10(2)21-15(17)18-7-12-6-5-11(3)20-14(12)22-9-13(16)8-19-22/h5-6,8-10H,4,7H2,1-3H3,(H3,17,18,21). The van der Waals surface area contributed by atoms with Crippen molar-refractivity contribution in [2.75, 3.05) is 0 Å². The van der Waals surface area contributed by atoms with Crippen molar-refractivity contribution in [1.29, 1.82) is 0 Å². The number of pyridine rings is 1. The van der Waals surface area contributed by atoms with E-state index >= 15 is 0 Å². The molecule has 1 atom stereocenters. The second kappa shape index (κ2) is 7.26. The van der Waals surface area contributed by atoms with Crippen LogP contribution in [0.15, 0.2) is 29.5 Å². The molecule has 7 heteroatoms. The van der Waals surface area contributed by atoms with Crippen LogP contribution in [0.5, 0.6) is 0 Å². The summed E-state index contributed by atoms with van der Waals surface area (Å²) in [6, 6.07) is 4.22. The molecule has 0 aliphatic heterocycles. The molecule has 0 spiro atoms. The van der Waals surface area contributed by atoms with Crippen molar-refractivity contribution in [1.82, 2.24) is 20.1 Å². The van der Waals surface area contributed by atoms with Gasteiger partial charge in [-0.1, -0.05) is 24.6 Å². The summed E-state index contributed by atoms with van der Waals surface area (Å²) in [6.45, 7) is 6.51. The Morgan fingerprint density at radius 2 is 2.27 bits per heavy atom. The van der Waals surface area contributed by atoms with Crippen LogP contribution in [0, 0.1) is 6.92 Å². The molecular weight excluding hydrogens is 300 g/mol. The fraction of sp³-hybridized carbons (Fsp3) is 0.400. The molecule has 0 bridgehead atoms. The van der Waals surface area contributed by atoms with Crippen molar-refractivity contribution in [3.63, 3.8) is 0 Å². The lowest BCUT2D eigenvalue weighted by Gasteiger charge is -2.12. The average Bonchev–Trinajstić information content (AvgIpc) is 2.92. The summed E-state index contributed by atoms with van der Waals surface area (Å²) in [6.07, 6.45) is 4.29. The van der Waals surface area contributed by atoms with Gasteiger partial charge in [0.2, 0.25) is 0 Å². The van der Waals surface area contributed by atoms with Crippen LogP contribution in [0.3, 0.4) is 0 Å². The highest BCUT2D eigenvalue weighted by Gasteiger charge is 2.09. The van der Waals surface area contributed by atoms with Gasteiger partial charge in [0.05, 0.1) is 24.0 Å². The van der Waals surface area contributed by atoms with E-state index in [1.807, 2.05) is 19.1 Å². The van der Waals surface area contributed by atoms with Gasteiger partial charge in [-0.3, -0.25) is 0 Å². The van der Waals surface area contributed by atoms with E-state index in [0.29, 0.717) is 29.4 Å². The maximum absolute atomic E-state index is 5.93.